The molecule has 1 aliphatic carbocycles. The van der Waals surface area contributed by atoms with Crippen LogP contribution in [0.2, 0.25) is 5.02 Å². The number of esters is 1. The Kier molecular flexibility index (Phi) is 8.63. The molecule has 1 fully saturated rings. The molecule has 14 heteroatoms. The summed E-state index contributed by atoms with van der Waals surface area (Å²) in [4.78, 5) is 23.0. The van der Waals surface area contributed by atoms with Gasteiger partial charge in [0, 0.05) is 23.6 Å². The van der Waals surface area contributed by atoms with Gasteiger partial charge in [-0.1, -0.05) is 23.7 Å². The summed E-state index contributed by atoms with van der Waals surface area (Å²) in [6, 6.07) is 4.70. The number of nitro groups is 1. The Bertz CT molecular complexity index is 1230. The zero-order valence-electron chi connectivity index (χ0n) is 19.1. The number of benzene rings is 2. The van der Waals surface area contributed by atoms with Gasteiger partial charge < -0.3 is 14.1 Å². The summed E-state index contributed by atoms with van der Waals surface area (Å²) in [6.45, 7) is 3.37. The maximum atomic E-state index is 12.9. The second kappa shape index (κ2) is 11.3. The molecule has 1 unspecified atom stereocenters. The van der Waals surface area contributed by atoms with Crippen molar-refractivity contribution in [2.75, 3.05) is 6.61 Å². The summed E-state index contributed by atoms with van der Waals surface area (Å²) < 4.78 is 67.3. The fraction of sp³-hybridized carbons (Fsp3) is 0.364. The summed E-state index contributed by atoms with van der Waals surface area (Å²) in [5.74, 6) is -1.10. The van der Waals surface area contributed by atoms with Crippen LogP contribution in [0.5, 0.6) is 11.5 Å². The average Bonchev–Trinajstić information content (AvgIpc) is 3.64. The zero-order valence-corrected chi connectivity index (χ0v) is 20.8. The van der Waals surface area contributed by atoms with Crippen LogP contribution in [0.3, 0.4) is 0 Å². The molecule has 0 aromatic heterocycles. The summed E-state index contributed by atoms with van der Waals surface area (Å²) in [6.07, 6.45) is -3.04. The summed E-state index contributed by atoms with van der Waals surface area (Å²) >= 11 is 5.97. The Balaban J connectivity index is 1.96. The number of ether oxygens (including phenoxy) is 2. The molecule has 1 saturated carbocycles. The molecular formula is C22H21ClF3N2O7P. The Morgan fingerprint density at radius 2 is 1.92 bits per heavy atom. The zero-order chi connectivity index (χ0) is 26.6. The molecule has 0 N–H and O–H groups in total. The number of nitro benzene ring substituents is 1. The van der Waals surface area contributed by atoms with E-state index < -0.39 is 36.3 Å². The minimum absolute atomic E-state index is 0.0153. The third-order valence-electron chi connectivity index (χ3n) is 5.13. The Labute approximate surface area is 209 Å². The van der Waals surface area contributed by atoms with Crippen molar-refractivity contribution in [2.24, 2.45) is 11.1 Å². The number of carbonyl (C=O) groups excluding carboxylic acids is 1. The van der Waals surface area contributed by atoms with E-state index in [1.165, 1.54) is 0 Å². The Hall–Kier alpha value is -3.11. The molecule has 0 radical (unpaired) electrons. The van der Waals surface area contributed by atoms with E-state index in [1.54, 1.807) is 13.8 Å². The molecule has 0 amide bonds. The van der Waals surface area contributed by atoms with Gasteiger partial charge in [-0.05, 0) is 44.4 Å². The van der Waals surface area contributed by atoms with Crippen molar-refractivity contribution in [1.29, 1.82) is 0 Å². The average molecular weight is 549 g/mol. The lowest BCUT2D eigenvalue weighted by atomic mass is 10.1. The van der Waals surface area contributed by atoms with Gasteiger partial charge >= 0.3 is 12.1 Å². The van der Waals surface area contributed by atoms with Gasteiger partial charge in [-0.3, -0.25) is 14.7 Å². The molecule has 0 heterocycles. The second-order valence-corrected chi connectivity index (χ2v) is 9.39. The van der Waals surface area contributed by atoms with E-state index in [2.05, 4.69) is 5.16 Å². The number of carbonyl (C=O) groups is 1. The number of oxime groups is 1. The molecule has 9 nitrogen and oxygen atoms in total. The molecule has 1 aliphatic rings. The van der Waals surface area contributed by atoms with Crippen molar-refractivity contribution < 1.29 is 41.6 Å². The van der Waals surface area contributed by atoms with E-state index in [9.17, 15) is 32.6 Å². The topological polar surface area (TPSA) is 117 Å². The van der Waals surface area contributed by atoms with E-state index in [4.69, 9.17) is 25.7 Å². The summed E-state index contributed by atoms with van der Waals surface area (Å²) in [7, 11) is -3.41. The lowest BCUT2D eigenvalue weighted by molar-refractivity contribution is -0.383. The van der Waals surface area contributed by atoms with Crippen LogP contribution in [0.4, 0.5) is 18.9 Å². The van der Waals surface area contributed by atoms with Gasteiger partial charge in [-0.2, -0.15) is 13.2 Å². The predicted octanol–water partition coefficient (Wildman–Crippen LogP) is 6.07. The fourth-order valence-corrected chi connectivity index (χ4v) is 4.28. The van der Waals surface area contributed by atoms with Crippen LogP contribution in [-0.2, 0) is 31.3 Å². The monoisotopic (exact) mass is 548 g/mol. The Morgan fingerprint density at radius 1 is 1.22 bits per heavy atom. The highest BCUT2D eigenvalue weighted by Gasteiger charge is 2.35. The van der Waals surface area contributed by atoms with Crippen molar-refractivity contribution in [3.8, 4) is 11.5 Å². The normalized spacial score (nSPS) is 14.8. The molecule has 0 aliphatic heterocycles. The summed E-state index contributed by atoms with van der Waals surface area (Å²) in [5.41, 5.74) is -1.26. The number of hydrogen-bond acceptors (Lipinski definition) is 8. The second-order valence-electron chi connectivity index (χ2n) is 7.68. The van der Waals surface area contributed by atoms with Crippen molar-refractivity contribution in [1.82, 2.24) is 0 Å². The molecule has 36 heavy (non-hydrogen) atoms. The van der Waals surface area contributed by atoms with Gasteiger partial charge in [0.2, 0.25) is 0 Å². The molecule has 0 saturated heterocycles. The standard InChI is InChI=1S/C22H21ClF3N2O7P/c1-3-12-9-16(28(30)31)19(36(32)35-27-20(13-5-6-13)21(29)33-4-2)11-18(12)34-17-8-7-14(10-15(17)23)22(24,25)26/h7-11,13,36H,3-6H2,1-2H3. The first-order valence-electron chi connectivity index (χ1n) is 10.8. The first-order valence-corrected chi connectivity index (χ1v) is 12.5. The van der Waals surface area contributed by atoms with E-state index in [-0.39, 0.29) is 46.5 Å². The van der Waals surface area contributed by atoms with Gasteiger partial charge in [0.1, 0.15) is 16.8 Å². The quantitative estimate of drug-likeness (QED) is 0.116. The maximum absolute atomic E-state index is 12.9. The lowest BCUT2D eigenvalue weighted by Gasteiger charge is -2.14. The van der Waals surface area contributed by atoms with E-state index >= 15 is 0 Å². The van der Waals surface area contributed by atoms with E-state index in [0.717, 1.165) is 24.3 Å². The molecule has 1 atom stereocenters. The predicted molar refractivity (Wildman–Crippen MR) is 126 cm³/mol. The molecular weight excluding hydrogens is 528 g/mol. The Morgan fingerprint density at radius 3 is 2.44 bits per heavy atom. The van der Waals surface area contributed by atoms with Crippen LogP contribution in [-0.4, -0.2) is 23.2 Å². The first kappa shape index (κ1) is 27.5. The van der Waals surface area contributed by atoms with Gasteiger partial charge in [-0.15, -0.1) is 0 Å². The van der Waals surface area contributed by atoms with Gasteiger partial charge in [0.25, 0.3) is 13.7 Å². The van der Waals surface area contributed by atoms with Crippen molar-refractivity contribution >= 4 is 42.3 Å². The maximum Gasteiger partial charge on any atom is 0.416 e. The summed E-state index contributed by atoms with van der Waals surface area (Å²) in [5, 5.41) is 14.6. The van der Waals surface area contributed by atoms with Crippen molar-refractivity contribution in [3.05, 3.63) is 56.6 Å². The number of aryl methyl sites for hydroxylation is 1. The highest BCUT2D eigenvalue weighted by molar-refractivity contribution is 7.48. The SMILES string of the molecule is CCOC(=O)C(=NO[PH](=O)c1cc(Oc2ccc(C(F)(F)F)cc2Cl)c(CC)cc1[N+](=O)[O-])C1CC1. The van der Waals surface area contributed by atoms with Gasteiger partial charge in [-0.25, -0.2) is 4.79 Å². The molecule has 0 bridgehead atoms. The minimum atomic E-state index is -4.61. The number of halogens is 4. The van der Waals surface area contributed by atoms with Crippen LogP contribution in [0.1, 0.15) is 37.8 Å². The molecule has 2 aromatic rings. The van der Waals surface area contributed by atoms with Crippen LogP contribution < -0.4 is 10.0 Å². The molecule has 2 aromatic carbocycles. The number of rotatable bonds is 10. The van der Waals surface area contributed by atoms with Gasteiger partial charge in [0.15, 0.2) is 5.71 Å². The number of hydrogen-bond donors (Lipinski definition) is 0. The fourth-order valence-electron chi connectivity index (χ4n) is 3.16. The smallest absolute Gasteiger partial charge is 0.416 e. The van der Waals surface area contributed by atoms with Crippen molar-refractivity contribution in [2.45, 2.75) is 39.3 Å². The number of nitrogens with zero attached hydrogens (tertiary/aromatic N) is 2. The van der Waals surface area contributed by atoms with E-state index in [1.807, 2.05) is 0 Å². The van der Waals surface area contributed by atoms with Crippen LogP contribution in [0.25, 0.3) is 0 Å². The van der Waals surface area contributed by atoms with Crippen LogP contribution in [0.15, 0.2) is 35.5 Å². The highest BCUT2D eigenvalue weighted by Crippen LogP contribution is 2.39. The molecule has 0 spiro atoms. The lowest BCUT2D eigenvalue weighted by Crippen LogP contribution is -2.19. The molecule has 194 valence electrons. The van der Waals surface area contributed by atoms with Crippen LogP contribution in [0, 0.1) is 16.0 Å². The van der Waals surface area contributed by atoms with Gasteiger partial charge in [0.05, 0.1) is 22.1 Å². The van der Waals surface area contributed by atoms with Crippen molar-refractivity contribution in [3.63, 3.8) is 0 Å². The third-order valence-corrected chi connectivity index (χ3v) is 6.52. The minimum Gasteiger partial charge on any atom is -0.461 e. The third kappa shape index (κ3) is 6.55. The molecule has 3 rings (SSSR count). The van der Waals surface area contributed by atoms with E-state index in [0.29, 0.717) is 24.5 Å². The largest absolute Gasteiger partial charge is 0.461 e. The number of alkyl halides is 3. The first-order chi connectivity index (χ1) is 17.0. The van der Waals surface area contributed by atoms with Crippen LogP contribution >= 0.6 is 19.6 Å². The highest BCUT2D eigenvalue weighted by atomic mass is 35.5.